The third-order valence-corrected chi connectivity index (χ3v) is 4.59. The van der Waals surface area contributed by atoms with Crippen molar-refractivity contribution in [3.63, 3.8) is 0 Å². The highest BCUT2D eigenvalue weighted by molar-refractivity contribution is 5.88. The van der Waals surface area contributed by atoms with Gasteiger partial charge >= 0.3 is 0 Å². The van der Waals surface area contributed by atoms with Gasteiger partial charge in [-0.3, -0.25) is 5.32 Å². The Bertz CT molecular complexity index is 826. The van der Waals surface area contributed by atoms with Crippen LogP contribution in [0.4, 0.5) is 0 Å². The van der Waals surface area contributed by atoms with E-state index in [0.29, 0.717) is 5.92 Å². The van der Waals surface area contributed by atoms with E-state index < -0.39 is 0 Å². The first kappa shape index (κ1) is 14.3. The van der Waals surface area contributed by atoms with Crippen molar-refractivity contribution < 1.29 is 4.74 Å². The summed E-state index contributed by atoms with van der Waals surface area (Å²) in [5.74, 6) is 1.48. The van der Waals surface area contributed by atoms with Crippen molar-refractivity contribution in [3.05, 3.63) is 77.9 Å². The number of hydrogen-bond acceptors (Lipinski definition) is 2. The zero-order valence-corrected chi connectivity index (χ0v) is 13.5. The van der Waals surface area contributed by atoms with E-state index in [9.17, 15) is 0 Å². The van der Waals surface area contributed by atoms with Gasteiger partial charge in [-0.15, -0.1) is 0 Å². The van der Waals surface area contributed by atoms with E-state index in [2.05, 4.69) is 79.8 Å². The molecule has 0 fully saturated rings. The Hall–Kier alpha value is -2.32. The van der Waals surface area contributed by atoms with Gasteiger partial charge in [0.15, 0.2) is 6.23 Å². The summed E-state index contributed by atoms with van der Waals surface area (Å²) in [6.45, 7) is 4.52. The molecule has 1 heterocycles. The minimum atomic E-state index is -0.0998. The third-order valence-electron chi connectivity index (χ3n) is 4.59. The molecule has 3 aromatic rings. The molecule has 0 saturated heterocycles. The van der Waals surface area contributed by atoms with Gasteiger partial charge in [-0.1, -0.05) is 74.5 Å². The third kappa shape index (κ3) is 2.49. The maximum Gasteiger partial charge on any atom is 0.177 e. The van der Waals surface area contributed by atoms with Crippen LogP contribution < -0.4 is 10.1 Å². The van der Waals surface area contributed by atoms with E-state index >= 15 is 0 Å². The van der Waals surface area contributed by atoms with Crippen LogP contribution in [0.1, 0.15) is 37.2 Å². The predicted octanol–water partition coefficient (Wildman–Crippen LogP) is 5.22. The molecule has 2 nitrogen and oxygen atoms in total. The molecular formula is C21H21NO. The first-order chi connectivity index (χ1) is 11.2. The number of fused-ring (bicyclic) bond motifs is 3. The average Bonchev–Trinajstić information content (AvgIpc) is 2.61. The lowest BCUT2D eigenvalue weighted by Crippen LogP contribution is -2.37. The first-order valence-corrected chi connectivity index (χ1v) is 8.23. The average molecular weight is 303 g/mol. The van der Waals surface area contributed by atoms with E-state index in [4.69, 9.17) is 4.74 Å². The molecule has 3 aromatic carbocycles. The monoisotopic (exact) mass is 303 g/mol. The fourth-order valence-corrected chi connectivity index (χ4v) is 3.42. The summed E-state index contributed by atoms with van der Waals surface area (Å²) in [4.78, 5) is 0. The molecule has 23 heavy (non-hydrogen) atoms. The Morgan fingerprint density at radius 2 is 1.61 bits per heavy atom. The second-order valence-electron chi connectivity index (χ2n) is 6.50. The second-order valence-corrected chi connectivity index (χ2v) is 6.50. The van der Waals surface area contributed by atoms with Crippen molar-refractivity contribution in [1.82, 2.24) is 5.32 Å². The highest BCUT2D eigenvalue weighted by atomic mass is 16.5. The van der Waals surface area contributed by atoms with Crippen LogP contribution in [0.2, 0.25) is 0 Å². The molecule has 0 amide bonds. The van der Waals surface area contributed by atoms with Gasteiger partial charge in [0.05, 0.1) is 0 Å². The summed E-state index contributed by atoms with van der Waals surface area (Å²) in [7, 11) is 0. The Kier molecular flexibility index (Phi) is 3.55. The highest BCUT2D eigenvalue weighted by Gasteiger charge is 2.31. The Labute approximate surface area is 137 Å². The molecule has 0 spiro atoms. The Balaban J connectivity index is 1.85. The number of benzene rings is 3. The summed E-state index contributed by atoms with van der Waals surface area (Å²) in [6.07, 6.45) is -0.0998. The van der Waals surface area contributed by atoms with Crippen LogP contribution in [0.3, 0.4) is 0 Å². The normalized spacial score (nSPS) is 20.3. The molecule has 1 aliphatic rings. The fourth-order valence-electron chi connectivity index (χ4n) is 3.42. The van der Waals surface area contributed by atoms with Crippen LogP contribution >= 0.6 is 0 Å². The number of ether oxygens (including phenoxy) is 1. The SMILES string of the molecule is CC(C)[C@H]1N[C@@H](c2ccccc2)Oc2ccc3ccccc3c21. The lowest BCUT2D eigenvalue weighted by atomic mass is 9.89. The standard InChI is InChI=1S/C21H21NO/c1-14(2)20-19-17-11-7-6-8-15(17)12-13-18(19)23-21(22-20)16-9-4-3-5-10-16/h3-14,20-22H,1-2H3/t20-,21-/m1/s1. The highest BCUT2D eigenvalue weighted by Crippen LogP contribution is 2.42. The maximum absolute atomic E-state index is 6.30. The molecule has 0 aliphatic carbocycles. The summed E-state index contributed by atoms with van der Waals surface area (Å²) in [6, 6.07) is 23.5. The summed E-state index contributed by atoms with van der Waals surface area (Å²) >= 11 is 0. The molecule has 1 N–H and O–H groups in total. The number of hydrogen-bond donors (Lipinski definition) is 1. The van der Waals surface area contributed by atoms with Gasteiger partial charge < -0.3 is 4.74 Å². The van der Waals surface area contributed by atoms with E-state index in [1.54, 1.807) is 0 Å². The molecule has 2 atom stereocenters. The summed E-state index contributed by atoms with van der Waals surface area (Å²) in [5.41, 5.74) is 2.45. The van der Waals surface area contributed by atoms with Crippen molar-refractivity contribution in [2.75, 3.05) is 0 Å². The van der Waals surface area contributed by atoms with Crippen LogP contribution in [-0.4, -0.2) is 0 Å². The summed E-state index contributed by atoms with van der Waals surface area (Å²) in [5, 5.41) is 6.24. The molecule has 0 unspecified atom stereocenters. The van der Waals surface area contributed by atoms with Crippen molar-refractivity contribution >= 4 is 10.8 Å². The molecule has 2 heteroatoms. The van der Waals surface area contributed by atoms with Gasteiger partial charge in [-0.05, 0) is 22.8 Å². The molecule has 1 aliphatic heterocycles. The van der Waals surface area contributed by atoms with Crippen molar-refractivity contribution in [3.8, 4) is 5.75 Å². The molecule has 0 saturated carbocycles. The van der Waals surface area contributed by atoms with Crippen molar-refractivity contribution in [2.45, 2.75) is 26.1 Å². The molecule has 116 valence electrons. The van der Waals surface area contributed by atoms with Gasteiger partial charge in [0, 0.05) is 17.2 Å². The molecule has 0 radical (unpaired) electrons. The van der Waals surface area contributed by atoms with Gasteiger partial charge in [0.2, 0.25) is 0 Å². The first-order valence-electron chi connectivity index (χ1n) is 8.23. The van der Waals surface area contributed by atoms with Crippen molar-refractivity contribution in [1.29, 1.82) is 0 Å². The Morgan fingerprint density at radius 1 is 0.870 bits per heavy atom. The maximum atomic E-state index is 6.30. The van der Waals surface area contributed by atoms with E-state index in [1.165, 1.54) is 16.3 Å². The zero-order chi connectivity index (χ0) is 15.8. The van der Waals surface area contributed by atoms with E-state index in [-0.39, 0.29) is 12.3 Å². The molecule has 0 aromatic heterocycles. The second kappa shape index (κ2) is 5.71. The Morgan fingerprint density at radius 3 is 2.39 bits per heavy atom. The molecular weight excluding hydrogens is 282 g/mol. The minimum Gasteiger partial charge on any atom is -0.471 e. The van der Waals surface area contributed by atoms with Crippen LogP contribution in [0, 0.1) is 5.92 Å². The lowest BCUT2D eigenvalue weighted by molar-refractivity contribution is 0.111. The lowest BCUT2D eigenvalue weighted by Gasteiger charge is -2.36. The van der Waals surface area contributed by atoms with Gasteiger partial charge in [-0.25, -0.2) is 0 Å². The van der Waals surface area contributed by atoms with Crippen LogP contribution in [-0.2, 0) is 0 Å². The molecule has 0 bridgehead atoms. The largest absolute Gasteiger partial charge is 0.471 e. The van der Waals surface area contributed by atoms with Gasteiger partial charge in [-0.2, -0.15) is 0 Å². The number of rotatable bonds is 2. The van der Waals surface area contributed by atoms with Crippen molar-refractivity contribution in [2.24, 2.45) is 5.92 Å². The zero-order valence-electron chi connectivity index (χ0n) is 13.5. The molecule has 4 rings (SSSR count). The summed E-state index contributed by atoms with van der Waals surface area (Å²) < 4.78 is 6.30. The van der Waals surface area contributed by atoms with Crippen LogP contribution in [0.5, 0.6) is 5.75 Å². The topological polar surface area (TPSA) is 21.3 Å². The fraction of sp³-hybridized carbons (Fsp3) is 0.238. The predicted molar refractivity (Wildman–Crippen MR) is 94.5 cm³/mol. The smallest absolute Gasteiger partial charge is 0.177 e. The quantitative estimate of drug-likeness (QED) is 0.701. The van der Waals surface area contributed by atoms with Crippen LogP contribution in [0.25, 0.3) is 10.8 Å². The van der Waals surface area contributed by atoms with E-state index in [1.807, 2.05) is 6.07 Å². The van der Waals surface area contributed by atoms with Crippen LogP contribution in [0.15, 0.2) is 66.7 Å². The van der Waals surface area contributed by atoms with Gasteiger partial charge in [0.1, 0.15) is 5.75 Å². The van der Waals surface area contributed by atoms with Gasteiger partial charge in [0.25, 0.3) is 0 Å². The van der Waals surface area contributed by atoms with E-state index in [0.717, 1.165) is 11.3 Å². The minimum absolute atomic E-state index is 0.0998. The number of nitrogens with one attached hydrogen (secondary N) is 1.